The van der Waals surface area contributed by atoms with Gasteiger partial charge < -0.3 is 14.8 Å². The van der Waals surface area contributed by atoms with Crippen LogP contribution in [0.3, 0.4) is 0 Å². The fourth-order valence-electron chi connectivity index (χ4n) is 2.70. The van der Waals surface area contributed by atoms with Crippen molar-refractivity contribution < 1.29 is 14.3 Å². The minimum atomic E-state index is -0.252. The third-order valence-corrected chi connectivity index (χ3v) is 4.07. The van der Waals surface area contributed by atoms with Crippen LogP contribution in [0.4, 0.5) is 5.69 Å². The highest BCUT2D eigenvalue weighted by molar-refractivity contribution is 6.30. The highest BCUT2D eigenvalue weighted by atomic mass is 35.5. The van der Waals surface area contributed by atoms with E-state index in [1.165, 1.54) is 0 Å². The van der Waals surface area contributed by atoms with Gasteiger partial charge >= 0.3 is 0 Å². The first-order chi connectivity index (χ1) is 11.0. The molecule has 0 saturated carbocycles. The summed E-state index contributed by atoms with van der Waals surface area (Å²) < 4.78 is 10.6. The number of carbonyl (C=O) groups excluding carboxylic acids is 1. The molecule has 1 N–H and O–H groups in total. The Morgan fingerprint density at radius 1 is 1.09 bits per heavy atom. The first kappa shape index (κ1) is 15.7. The fraction of sp³-hybridized carbons (Fsp3) is 0.278. The SMILES string of the molecule is CC(C)C(C(=O)Nc1ccc2c(c1)OCO2)c1ccc(Cl)cc1. The minimum Gasteiger partial charge on any atom is -0.454 e. The molecule has 3 rings (SSSR count). The molecule has 0 fully saturated rings. The number of halogens is 1. The number of nitrogens with one attached hydrogen (secondary N) is 1. The molecule has 0 bridgehead atoms. The summed E-state index contributed by atoms with van der Waals surface area (Å²) in [6.07, 6.45) is 0. The van der Waals surface area contributed by atoms with Gasteiger partial charge in [0.1, 0.15) is 0 Å². The van der Waals surface area contributed by atoms with Crippen LogP contribution in [-0.2, 0) is 4.79 Å². The lowest BCUT2D eigenvalue weighted by atomic mass is 9.87. The van der Waals surface area contributed by atoms with Gasteiger partial charge in [-0.3, -0.25) is 4.79 Å². The molecule has 1 amide bonds. The molecule has 1 atom stereocenters. The summed E-state index contributed by atoms with van der Waals surface area (Å²) in [7, 11) is 0. The molecule has 1 aliphatic rings. The van der Waals surface area contributed by atoms with Gasteiger partial charge in [-0.1, -0.05) is 37.6 Å². The largest absolute Gasteiger partial charge is 0.454 e. The van der Waals surface area contributed by atoms with Gasteiger partial charge in [0.2, 0.25) is 12.7 Å². The zero-order valence-electron chi connectivity index (χ0n) is 13.0. The highest BCUT2D eigenvalue weighted by Crippen LogP contribution is 2.35. The minimum absolute atomic E-state index is 0.0545. The van der Waals surface area contributed by atoms with E-state index in [0.717, 1.165) is 5.56 Å². The van der Waals surface area contributed by atoms with Crippen LogP contribution in [0.2, 0.25) is 5.02 Å². The average molecular weight is 332 g/mol. The van der Waals surface area contributed by atoms with Crippen molar-refractivity contribution in [3.63, 3.8) is 0 Å². The van der Waals surface area contributed by atoms with E-state index in [1.54, 1.807) is 24.3 Å². The summed E-state index contributed by atoms with van der Waals surface area (Å²) in [5.74, 6) is 1.19. The number of hydrogen-bond acceptors (Lipinski definition) is 3. The first-order valence-electron chi connectivity index (χ1n) is 7.50. The van der Waals surface area contributed by atoms with Crippen LogP contribution in [0.25, 0.3) is 0 Å². The molecule has 1 aliphatic heterocycles. The van der Waals surface area contributed by atoms with E-state index in [4.69, 9.17) is 21.1 Å². The van der Waals surface area contributed by atoms with E-state index in [1.807, 2.05) is 32.0 Å². The topological polar surface area (TPSA) is 47.6 Å². The summed E-state index contributed by atoms with van der Waals surface area (Å²) in [4.78, 5) is 12.7. The molecule has 1 unspecified atom stereocenters. The third kappa shape index (κ3) is 3.42. The maximum atomic E-state index is 12.7. The number of hydrogen-bond donors (Lipinski definition) is 1. The number of rotatable bonds is 4. The Morgan fingerprint density at radius 3 is 2.48 bits per heavy atom. The van der Waals surface area contributed by atoms with Gasteiger partial charge in [0.05, 0.1) is 5.92 Å². The Hall–Kier alpha value is -2.20. The van der Waals surface area contributed by atoms with Crippen molar-refractivity contribution in [3.05, 3.63) is 53.1 Å². The van der Waals surface area contributed by atoms with Crippen molar-refractivity contribution in [1.82, 2.24) is 0 Å². The summed E-state index contributed by atoms with van der Waals surface area (Å²) in [5.41, 5.74) is 1.64. The predicted octanol–water partition coefficient (Wildman–Crippen LogP) is 4.45. The van der Waals surface area contributed by atoms with E-state index in [-0.39, 0.29) is 24.5 Å². The van der Waals surface area contributed by atoms with E-state index in [0.29, 0.717) is 22.2 Å². The summed E-state index contributed by atoms with van der Waals surface area (Å²) >= 11 is 5.93. The number of benzene rings is 2. The Labute approximate surface area is 140 Å². The third-order valence-electron chi connectivity index (χ3n) is 3.82. The normalized spacial score (nSPS) is 13.9. The van der Waals surface area contributed by atoms with E-state index in [9.17, 15) is 4.79 Å². The maximum Gasteiger partial charge on any atom is 0.232 e. The van der Waals surface area contributed by atoms with E-state index >= 15 is 0 Å². The second kappa shape index (κ2) is 6.50. The zero-order chi connectivity index (χ0) is 16.4. The van der Waals surface area contributed by atoms with E-state index in [2.05, 4.69) is 5.32 Å². The van der Waals surface area contributed by atoms with Crippen LogP contribution in [-0.4, -0.2) is 12.7 Å². The Bertz CT molecular complexity index is 713. The molecule has 0 spiro atoms. The van der Waals surface area contributed by atoms with Gasteiger partial charge in [-0.25, -0.2) is 0 Å². The Kier molecular flexibility index (Phi) is 4.44. The lowest BCUT2D eigenvalue weighted by Crippen LogP contribution is -2.25. The predicted molar refractivity (Wildman–Crippen MR) is 90.2 cm³/mol. The van der Waals surface area contributed by atoms with Gasteiger partial charge in [-0.2, -0.15) is 0 Å². The summed E-state index contributed by atoms with van der Waals surface area (Å²) in [6.45, 7) is 4.27. The lowest BCUT2D eigenvalue weighted by Gasteiger charge is -2.21. The van der Waals surface area contributed by atoms with Crippen molar-refractivity contribution in [3.8, 4) is 11.5 Å². The van der Waals surface area contributed by atoms with Crippen molar-refractivity contribution >= 4 is 23.2 Å². The van der Waals surface area contributed by atoms with Gasteiger partial charge in [-0.05, 0) is 35.7 Å². The van der Waals surface area contributed by atoms with Crippen LogP contribution in [0, 0.1) is 5.92 Å². The number of ether oxygens (including phenoxy) is 2. The standard InChI is InChI=1S/C18H18ClNO3/c1-11(2)17(12-3-5-13(19)6-4-12)18(21)20-14-7-8-15-16(9-14)23-10-22-15/h3-9,11,17H,10H2,1-2H3,(H,20,21). The number of fused-ring (bicyclic) bond motifs is 1. The molecule has 0 aliphatic carbocycles. The van der Waals surface area contributed by atoms with E-state index < -0.39 is 0 Å². The molecular weight excluding hydrogens is 314 g/mol. The molecule has 0 radical (unpaired) electrons. The molecule has 5 heteroatoms. The number of carbonyl (C=O) groups is 1. The van der Waals surface area contributed by atoms with Crippen LogP contribution in [0.15, 0.2) is 42.5 Å². The molecule has 2 aromatic carbocycles. The highest BCUT2D eigenvalue weighted by Gasteiger charge is 2.25. The van der Waals surface area contributed by atoms with Crippen LogP contribution in [0.1, 0.15) is 25.3 Å². The number of amides is 1. The van der Waals surface area contributed by atoms with Crippen molar-refractivity contribution in [2.75, 3.05) is 12.1 Å². The maximum absolute atomic E-state index is 12.7. The second-order valence-electron chi connectivity index (χ2n) is 5.83. The molecule has 4 nitrogen and oxygen atoms in total. The second-order valence-corrected chi connectivity index (χ2v) is 6.27. The quantitative estimate of drug-likeness (QED) is 0.900. The molecule has 23 heavy (non-hydrogen) atoms. The monoisotopic (exact) mass is 331 g/mol. The van der Waals surface area contributed by atoms with Crippen LogP contribution < -0.4 is 14.8 Å². The van der Waals surface area contributed by atoms with Crippen LogP contribution >= 0.6 is 11.6 Å². The van der Waals surface area contributed by atoms with Gasteiger partial charge in [0.15, 0.2) is 11.5 Å². The molecule has 0 aromatic heterocycles. The van der Waals surface area contributed by atoms with Crippen molar-refractivity contribution in [2.24, 2.45) is 5.92 Å². The van der Waals surface area contributed by atoms with Crippen molar-refractivity contribution in [2.45, 2.75) is 19.8 Å². The lowest BCUT2D eigenvalue weighted by molar-refractivity contribution is -0.118. The smallest absolute Gasteiger partial charge is 0.232 e. The average Bonchev–Trinajstić information content (AvgIpc) is 2.96. The van der Waals surface area contributed by atoms with Crippen LogP contribution in [0.5, 0.6) is 11.5 Å². The molecule has 1 heterocycles. The molecular formula is C18H18ClNO3. The van der Waals surface area contributed by atoms with Gasteiger partial charge in [-0.15, -0.1) is 0 Å². The van der Waals surface area contributed by atoms with Gasteiger partial charge in [0.25, 0.3) is 0 Å². The molecule has 2 aromatic rings. The molecule has 120 valence electrons. The first-order valence-corrected chi connectivity index (χ1v) is 7.88. The Balaban J connectivity index is 1.80. The summed E-state index contributed by atoms with van der Waals surface area (Å²) in [6, 6.07) is 12.8. The number of anilines is 1. The zero-order valence-corrected chi connectivity index (χ0v) is 13.8. The Morgan fingerprint density at radius 2 is 1.78 bits per heavy atom. The van der Waals surface area contributed by atoms with Gasteiger partial charge in [0, 0.05) is 16.8 Å². The summed E-state index contributed by atoms with van der Waals surface area (Å²) in [5, 5.41) is 3.62. The van der Waals surface area contributed by atoms with Crippen molar-refractivity contribution in [1.29, 1.82) is 0 Å². The fourth-order valence-corrected chi connectivity index (χ4v) is 2.83. The molecule has 0 saturated heterocycles.